The van der Waals surface area contributed by atoms with Gasteiger partial charge in [0.25, 0.3) is 0 Å². The van der Waals surface area contributed by atoms with Crippen LogP contribution in [0.5, 0.6) is 0 Å². The Balaban J connectivity index is 0.00000264. The van der Waals surface area contributed by atoms with E-state index < -0.39 is 0 Å². The SMILES string of the molecule is Cc1ccc(PC(=O)c2c(C)cc(C(C)(C)C)cc2C)cc1.[Li]. The molecular weight excluding hydrogens is 294 g/mol. The first-order valence-electron chi connectivity index (χ1n) is 7.68. The summed E-state index contributed by atoms with van der Waals surface area (Å²) in [6.45, 7) is 12.8. The quantitative estimate of drug-likeness (QED) is 0.593. The summed E-state index contributed by atoms with van der Waals surface area (Å²) >= 11 is 0. The fraction of sp³-hybridized carbons (Fsp3) is 0.350. The Labute approximate surface area is 154 Å². The van der Waals surface area contributed by atoms with Crippen LogP contribution in [0.25, 0.3) is 0 Å². The van der Waals surface area contributed by atoms with Gasteiger partial charge in [0.05, 0.1) is 0 Å². The summed E-state index contributed by atoms with van der Waals surface area (Å²) in [4.78, 5) is 12.7. The van der Waals surface area contributed by atoms with Gasteiger partial charge < -0.3 is 0 Å². The molecule has 23 heavy (non-hydrogen) atoms. The Bertz CT molecular complexity index is 674. The Kier molecular flexibility index (Phi) is 6.85. The van der Waals surface area contributed by atoms with E-state index in [1.165, 1.54) is 11.1 Å². The molecule has 0 amide bonds. The van der Waals surface area contributed by atoms with Gasteiger partial charge in [-0.15, -0.1) is 0 Å². The van der Waals surface area contributed by atoms with Crippen molar-refractivity contribution >= 4 is 38.3 Å². The Morgan fingerprint density at radius 3 is 1.83 bits per heavy atom. The molecule has 1 atom stereocenters. The van der Waals surface area contributed by atoms with Gasteiger partial charge in [-0.25, -0.2) is 0 Å². The first-order valence-corrected chi connectivity index (χ1v) is 8.68. The van der Waals surface area contributed by atoms with Crippen LogP contribution < -0.4 is 5.30 Å². The summed E-state index contributed by atoms with van der Waals surface area (Å²) in [5.41, 5.74) is 5.94. The molecule has 2 aromatic carbocycles. The molecule has 2 aromatic rings. The molecule has 0 spiro atoms. The standard InChI is InChI=1S/C20H25OP.Li/c1-13-7-9-17(10-8-13)22-19(21)18-14(2)11-16(12-15(18)3)20(4,5)6;/h7-12,22H,1-6H3;. The second-order valence-electron chi connectivity index (χ2n) is 7.06. The molecule has 0 aliphatic carbocycles. The molecule has 0 aliphatic heterocycles. The fourth-order valence-corrected chi connectivity index (χ4v) is 3.70. The van der Waals surface area contributed by atoms with E-state index in [0.717, 1.165) is 22.0 Å². The maximum absolute atomic E-state index is 12.7. The Morgan fingerprint density at radius 1 is 0.913 bits per heavy atom. The Hall–Kier alpha value is -0.863. The smallest absolute Gasteiger partial charge is 0.186 e. The van der Waals surface area contributed by atoms with Crippen LogP contribution in [0.4, 0.5) is 0 Å². The van der Waals surface area contributed by atoms with Crippen molar-refractivity contribution in [3.8, 4) is 0 Å². The molecule has 0 heterocycles. The summed E-state index contributed by atoms with van der Waals surface area (Å²) in [6, 6.07) is 12.6. The molecule has 2 rings (SSSR count). The van der Waals surface area contributed by atoms with Gasteiger partial charge in [0.15, 0.2) is 5.52 Å². The zero-order valence-corrected chi connectivity index (χ0v) is 16.4. The van der Waals surface area contributed by atoms with Crippen molar-refractivity contribution in [1.29, 1.82) is 0 Å². The van der Waals surface area contributed by atoms with Gasteiger partial charge in [-0.1, -0.05) is 62.7 Å². The number of hydrogen-bond donors (Lipinski definition) is 0. The number of carbonyl (C=O) groups excluding carboxylic acids is 1. The Morgan fingerprint density at radius 2 is 1.39 bits per heavy atom. The number of carbonyl (C=O) groups is 1. The van der Waals surface area contributed by atoms with Crippen molar-refractivity contribution in [3.63, 3.8) is 0 Å². The minimum atomic E-state index is 0. The first kappa shape index (κ1) is 20.2. The molecule has 0 N–H and O–H groups in total. The number of benzene rings is 2. The topological polar surface area (TPSA) is 17.1 Å². The van der Waals surface area contributed by atoms with Gasteiger partial charge in [-0.3, -0.25) is 4.79 Å². The third-order valence-electron chi connectivity index (χ3n) is 3.94. The predicted octanol–water partition coefficient (Wildman–Crippen LogP) is 4.67. The molecule has 0 bridgehead atoms. The van der Waals surface area contributed by atoms with E-state index in [1.807, 2.05) is 0 Å². The van der Waals surface area contributed by atoms with Crippen LogP contribution >= 0.6 is 8.58 Å². The molecular formula is C20H25LiOP. The summed E-state index contributed by atoms with van der Waals surface area (Å²) in [7, 11) is 0.189. The average molecular weight is 319 g/mol. The molecule has 1 radical (unpaired) electrons. The van der Waals surface area contributed by atoms with E-state index >= 15 is 0 Å². The van der Waals surface area contributed by atoms with Gasteiger partial charge >= 0.3 is 0 Å². The molecule has 0 saturated heterocycles. The monoisotopic (exact) mass is 319 g/mol. The minimum Gasteiger partial charge on any atom is -0.289 e. The third-order valence-corrected chi connectivity index (χ3v) is 5.03. The van der Waals surface area contributed by atoms with E-state index in [0.29, 0.717) is 0 Å². The maximum atomic E-state index is 12.7. The van der Waals surface area contributed by atoms with E-state index in [1.54, 1.807) is 0 Å². The normalized spacial score (nSPS) is 11.6. The van der Waals surface area contributed by atoms with E-state index in [2.05, 4.69) is 77.9 Å². The van der Waals surface area contributed by atoms with Crippen molar-refractivity contribution in [1.82, 2.24) is 0 Å². The van der Waals surface area contributed by atoms with Gasteiger partial charge in [-0.2, -0.15) is 0 Å². The molecule has 117 valence electrons. The van der Waals surface area contributed by atoms with Crippen molar-refractivity contribution < 1.29 is 4.79 Å². The second-order valence-corrected chi connectivity index (χ2v) is 8.34. The van der Waals surface area contributed by atoms with Crippen LogP contribution in [-0.4, -0.2) is 24.4 Å². The molecule has 0 saturated carbocycles. The molecule has 0 aromatic heterocycles. The molecule has 1 unspecified atom stereocenters. The van der Waals surface area contributed by atoms with Crippen molar-refractivity contribution in [2.75, 3.05) is 0 Å². The van der Waals surface area contributed by atoms with E-state index in [4.69, 9.17) is 0 Å². The first-order chi connectivity index (χ1) is 10.2. The zero-order chi connectivity index (χ0) is 16.5. The molecule has 0 aliphatic rings. The van der Waals surface area contributed by atoms with Crippen LogP contribution in [0.1, 0.15) is 53.4 Å². The summed E-state index contributed by atoms with van der Waals surface area (Å²) in [5.74, 6) is 0. The maximum Gasteiger partial charge on any atom is 0.186 e. The van der Waals surface area contributed by atoms with Gasteiger partial charge in [-0.05, 0) is 56.8 Å². The van der Waals surface area contributed by atoms with E-state index in [9.17, 15) is 4.79 Å². The average Bonchev–Trinajstić information content (AvgIpc) is 2.39. The van der Waals surface area contributed by atoms with Crippen LogP contribution in [0, 0.1) is 20.8 Å². The van der Waals surface area contributed by atoms with E-state index in [-0.39, 0.29) is 38.4 Å². The van der Waals surface area contributed by atoms with Crippen LogP contribution in [0.3, 0.4) is 0 Å². The van der Waals surface area contributed by atoms with Crippen molar-refractivity contribution in [3.05, 3.63) is 64.2 Å². The van der Waals surface area contributed by atoms with Crippen molar-refractivity contribution in [2.24, 2.45) is 0 Å². The zero-order valence-electron chi connectivity index (χ0n) is 15.4. The molecule has 3 heteroatoms. The fourth-order valence-electron chi connectivity index (χ4n) is 2.59. The van der Waals surface area contributed by atoms with Crippen LogP contribution in [-0.2, 0) is 5.41 Å². The second kappa shape index (κ2) is 7.81. The molecule has 1 nitrogen and oxygen atoms in total. The minimum absolute atomic E-state index is 0. The molecule has 0 fully saturated rings. The predicted molar refractivity (Wildman–Crippen MR) is 104 cm³/mol. The summed E-state index contributed by atoms with van der Waals surface area (Å²) in [6.07, 6.45) is 0. The third kappa shape index (κ3) is 5.05. The largest absolute Gasteiger partial charge is 0.289 e. The van der Waals surface area contributed by atoms with Gasteiger partial charge in [0, 0.05) is 24.4 Å². The van der Waals surface area contributed by atoms with Crippen molar-refractivity contribution in [2.45, 2.75) is 47.0 Å². The number of rotatable bonds is 3. The summed E-state index contributed by atoms with van der Waals surface area (Å²) < 4.78 is 0. The van der Waals surface area contributed by atoms with Gasteiger partial charge in [0.2, 0.25) is 0 Å². The summed E-state index contributed by atoms with van der Waals surface area (Å²) in [5, 5.41) is 1.11. The number of hydrogen-bond acceptors (Lipinski definition) is 1. The van der Waals surface area contributed by atoms with Crippen LogP contribution in [0.15, 0.2) is 36.4 Å². The van der Waals surface area contributed by atoms with Crippen LogP contribution in [0.2, 0.25) is 0 Å². The number of aryl methyl sites for hydroxylation is 3. The van der Waals surface area contributed by atoms with Gasteiger partial charge in [0.1, 0.15) is 0 Å².